The molecule has 0 fully saturated rings. The number of aromatic nitrogens is 2. The zero-order chi connectivity index (χ0) is 14.1. The number of Topliss-reactive ketones (excluding diaryl/α,β-unsaturated/α-hetero) is 1. The van der Waals surface area contributed by atoms with Crippen molar-refractivity contribution in [3.8, 4) is 0 Å². The number of hydrogen-bond acceptors (Lipinski definition) is 4. The Labute approximate surface area is 126 Å². The number of imidazole rings is 1. The van der Waals surface area contributed by atoms with Gasteiger partial charge in [0.25, 0.3) is 0 Å². The van der Waals surface area contributed by atoms with Crippen LogP contribution < -0.4 is 0 Å². The third-order valence-electron chi connectivity index (χ3n) is 3.35. The average Bonchev–Trinajstić information content (AvgIpc) is 2.95. The molecule has 2 aromatic rings. The Morgan fingerprint density at radius 2 is 2.20 bits per heavy atom. The van der Waals surface area contributed by atoms with Gasteiger partial charge in [0.15, 0.2) is 10.9 Å². The third kappa shape index (κ3) is 2.15. The largest absolute Gasteiger partial charge is 0.307 e. The highest BCUT2D eigenvalue weighted by Crippen LogP contribution is 2.38. The maximum Gasteiger partial charge on any atom is 0.170 e. The van der Waals surface area contributed by atoms with Crippen LogP contribution in [0.5, 0.6) is 0 Å². The van der Waals surface area contributed by atoms with E-state index in [1.165, 1.54) is 4.88 Å². The van der Waals surface area contributed by atoms with Gasteiger partial charge in [0.2, 0.25) is 0 Å². The highest BCUT2D eigenvalue weighted by Gasteiger charge is 2.26. The molecule has 0 unspecified atom stereocenters. The van der Waals surface area contributed by atoms with Crippen LogP contribution >= 0.6 is 23.1 Å². The molecule has 104 valence electrons. The van der Waals surface area contributed by atoms with Crippen molar-refractivity contribution in [3.05, 3.63) is 35.8 Å². The van der Waals surface area contributed by atoms with Gasteiger partial charge in [0.1, 0.15) is 10.3 Å². The lowest BCUT2D eigenvalue weighted by molar-refractivity contribution is 0.0975. The summed E-state index contributed by atoms with van der Waals surface area (Å²) in [5, 5.41) is 0.951. The van der Waals surface area contributed by atoms with Gasteiger partial charge in [-0.3, -0.25) is 4.79 Å². The molecule has 0 amide bonds. The maximum atomic E-state index is 12.2. The van der Waals surface area contributed by atoms with Crippen LogP contribution in [0, 0.1) is 0 Å². The topological polar surface area (TPSA) is 34.9 Å². The van der Waals surface area contributed by atoms with Gasteiger partial charge in [-0.1, -0.05) is 23.9 Å². The fourth-order valence-electron chi connectivity index (χ4n) is 2.52. The van der Waals surface area contributed by atoms with Crippen molar-refractivity contribution in [2.45, 2.75) is 31.0 Å². The van der Waals surface area contributed by atoms with E-state index in [0.717, 1.165) is 46.2 Å². The molecule has 3 nitrogen and oxygen atoms in total. The summed E-state index contributed by atoms with van der Waals surface area (Å²) in [5.41, 5.74) is 1.77. The second-order valence-corrected chi connectivity index (χ2v) is 6.79. The van der Waals surface area contributed by atoms with E-state index < -0.39 is 0 Å². The number of rotatable bonds is 5. The molecule has 20 heavy (non-hydrogen) atoms. The van der Waals surface area contributed by atoms with Crippen LogP contribution in [0.25, 0.3) is 10.3 Å². The number of thioether (sulfide) groups is 1. The Balaban J connectivity index is 2.16. The van der Waals surface area contributed by atoms with Crippen LogP contribution in [0.3, 0.4) is 0 Å². The molecule has 0 aromatic carbocycles. The van der Waals surface area contributed by atoms with E-state index in [9.17, 15) is 4.79 Å². The van der Waals surface area contributed by atoms with E-state index in [4.69, 9.17) is 4.98 Å². The SMILES string of the molecule is C=CCSc1nc2c3c(sc2n1CC=C)CCCC3=O. The van der Waals surface area contributed by atoms with E-state index >= 15 is 0 Å². The Hall–Kier alpha value is -1.33. The average molecular weight is 304 g/mol. The summed E-state index contributed by atoms with van der Waals surface area (Å²) in [6, 6.07) is 0. The van der Waals surface area contributed by atoms with Gasteiger partial charge in [-0.25, -0.2) is 4.98 Å². The Morgan fingerprint density at radius 3 is 2.95 bits per heavy atom. The van der Waals surface area contributed by atoms with Crippen LogP contribution in [-0.2, 0) is 13.0 Å². The summed E-state index contributed by atoms with van der Waals surface area (Å²) in [6.45, 7) is 8.29. The first-order chi connectivity index (χ1) is 9.76. The summed E-state index contributed by atoms with van der Waals surface area (Å²) in [5.74, 6) is 1.07. The molecule has 0 radical (unpaired) electrons. The zero-order valence-electron chi connectivity index (χ0n) is 11.2. The van der Waals surface area contributed by atoms with Crippen molar-refractivity contribution >= 4 is 39.2 Å². The van der Waals surface area contributed by atoms with Crippen molar-refractivity contribution in [2.75, 3.05) is 5.75 Å². The van der Waals surface area contributed by atoms with Gasteiger partial charge in [-0.05, 0) is 12.8 Å². The number of thiophene rings is 1. The molecule has 0 atom stereocenters. The molecule has 0 saturated heterocycles. The van der Waals surface area contributed by atoms with Crippen molar-refractivity contribution in [1.29, 1.82) is 0 Å². The third-order valence-corrected chi connectivity index (χ3v) is 5.58. The molecule has 0 spiro atoms. The van der Waals surface area contributed by atoms with Crippen LogP contribution in [0.15, 0.2) is 30.5 Å². The van der Waals surface area contributed by atoms with Crippen LogP contribution in [-0.4, -0.2) is 21.1 Å². The molecular weight excluding hydrogens is 288 g/mol. The van der Waals surface area contributed by atoms with Gasteiger partial charge in [-0.15, -0.1) is 24.5 Å². The minimum Gasteiger partial charge on any atom is -0.307 e. The normalized spacial score (nSPS) is 14.5. The summed E-state index contributed by atoms with van der Waals surface area (Å²) in [4.78, 5) is 19.2. The van der Waals surface area contributed by atoms with Gasteiger partial charge in [-0.2, -0.15) is 0 Å². The number of aryl methyl sites for hydroxylation is 1. The maximum absolute atomic E-state index is 12.2. The molecule has 2 aromatic heterocycles. The standard InChI is InChI=1S/C15H16N2OS2/c1-3-8-17-14-13(16-15(17)19-9-4-2)12-10(18)6-5-7-11(12)20-14/h3-4H,1-2,5-9H2. The second kappa shape index (κ2) is 5.58. The Morgan fingerprint density at radius 1 is 1.35 bits per heavy atom. The molecule has 1 aliphatic rings. The Bertz CT molecular complexity index is 696. The molecule has 0 N–H and O–H groups in total. The Kier molecular flexibility index (Phi) is 3.81. The first kappa shape index (κ1) is 13.6. The van der Waals surface area contributed by atoms with E-state index in [-0.39, 0.29) is 5.78 Å². The first-order valence-electron chi connectivity index (χ1n) is 6.66. The summed E-state index contributed by atoms with van der Waals surface area (Å²) in [6.07, 6.45) is 6.37. The highest BCUT2D eigenvalue weighted by atomic mass is 32.2. The molecule has 3 rings (SSSR count). The number of nitrogens with zero attached hydrogens (tertiary/aromatic N) is 2. The zero-order valence-corrected chi connectivity index (χ0v) is 12.9. The van der Waals surface area contributed by atoms with E-state index in [0.29, 0.717) is 6.42 Å². The van der Waals surface area contributed by atoms with Crippen molar-refractivity contribution < 1.29 is 4.79 Å². The molecule has 2 heterocycles. The van der Waals surface area contributed by atoms with E-state index in [1.807, 2.05) is 12.2 Å². The van der Waals surface area contributed by atoms with Crippen LogP contribution in [0.4, 0.5) is 0 Å². The summed E-state index contributed by atoms with van der Waals surface area (Å²) in [7, 11) is 0. The monoisotopic (exact) mass is 304 g/mol. The smallest absolute Gasteiger partial charge is 0.170 e. The molecule has 0 bridgehead atoms. The lowest BCUT2D eigenvalue weighted by Crippen LogP contribution is -2.07. The minimum absolute atomic E-state index is 0.251. The lowest BCUT2D eigenvalue weighted by Gasteiger charge is -2.08. The second-order valence-electron chi connectivity index (χ2n) is 4.72. The van der Waals surface area contributed by atoms with E-state index in [2.05, 4.69) is 17.7 Å². The number of fused-ring (bicyclic) bond motifs is 3. The van der Waals surface area contributed by atoms with Gasteiger partial charge >= 0.3 is 0 Å². The lowest BCUT2D eigenvalue weighted by atomic mass is 9.97. The molecule has 5 heteroatoms. The summed E-state index contributed by atoms with van der Waals surface area (Å²) >= 11 is 3.37. The fourth-order valence-corrected chi connectivity index (χ4v) is 4.63. The molecule has 0 saturated carbocycles. The molecular formula is C15H16N2OS2. The fraction of sp³-hybridized carbons (Fsp3) is 0.333. The molecule has 0 aliphatic heterocycles. The van der Waals surface area contributed by atoms with Crippen molar-refractivity contribution in [1.82, 2.24) is 9.55 Å². The van der Waals surface area contributed by atoms with Gasteiger partial charge in [0, 0.05) is 23.6 Å². The van der Waals surface area contributed by atoms with Gasteiger partial charge in [0.05, 0.1) is 5.56 Å². The van der Waals surface area contributed by atoms with Crippen molar-refractivity contribution in [3.63, 3.8) is 0 Å². The van der Waals surface area contributed by atoms with Crippen molar-refractivity contribution in [2.24, 2.45) is 0 Å². The minimum atomic E-state index is 0.251. The van der Waals surface area contributed by atoms with Gasteiger partial charge < -0.3 is 4.57 Å². The quantitative estimate of drug-likeness (QED) is 0.616. The predicted molar refractivity (Wildman–Crippen MR) is 86.0 cm³/mol. The number of carbonyl (C=O) groups is 1. The highest BCUT2D eigenvalue weighted by molar-refractivity contribution is 7.99. The number of carbonyl (C=O) groups excluding carboxylic acids is 1. The number of ketones is 1. The number of hydrogen-bond donors (Lipinski definition) is 0. The van der Waals surface area contributed by atoms with E-state index in [1.54, 1.807) is 23.1 Å². The summed E-state index contributed by atoms with van der Waals surface area (Å²) < 4.78 is 2.16. The van der Waals surface area contributed by atoms with Crippen LogP contribution in [0.1, 0.15) is 28.1 Å². The molecule has 1 aliphatic carbocycles. The predicted octanol–water partition coefficient (Wildman–Crippen LogP) is 4.08. The first-order valence-corrected chi connectivity index (χ1v) is 8.46. The number of allylic oxidation sites excluding steroid dienone is 1. The van der Waals surface area contributed by atoms with Crippen LogP contribution in [0.2, 0.25) is 0 Å².